The predicted molar refractivity (Wildman–Crippen MR) is 78.2 cm³/mol. The van der Waals surface area contributed by atoms with Gasteiger partial charge in [0.2, 0.25) is 0 Å². The number of aromatic carboxylic acids is 1. The van der Waals surface area contributed by atoms with Gasteiger partial charge in [-0.1, -0.05) is 17.7 Å². The summed E-state index contributed by atoms with van der Waals surface area (Å²) in [6.45, 7) is 1.43. The molecule has 2 N–H and O–H groups in total. The highest BCUT2D eigenvalue weighted by atomic mass is 35.5. The number of hydrogen-bond acceptors (Lipinski definition) is 4. The lowest BCUT2D eigenvalue weighted by Crippen LogP contribution is -2.16. The van der Waals surface area contributed by atoms with Gasteiger partial charge < -0.3 is 5.11 Å². The van der Waals surface area contributed by atoms with E-state index in [9.17, 15) is 13.2 Å². The number of carboxylic acid groups (broad SMARTS) is 1. The summed E-state index contributed by atoms with van der Waals surface area (Å²) >= 11 is 5.81. The molecule has 1 aromatic carbocycles. The highest BCUT2D eigenvalue weighted by Gasteiger charge is 2.21. The van der Waals surface area contributed by atoms with E-state index < -0.39 is 16.0 Å². The van der Waals surface area contributed by atoms with Crippen LogP contribution < -0.4 is 4.72 Å². The molecular weight excluding hydrogens is 316 g/mol. The number of aromatic nitrogens is 1. The molecule has 0 aliphatic carbocycles. The van der Waals surface area contributed by atoms with E-state index in [4.69, 9.17) is 16.7 Å². The molecule has 21 heavy (non-hydrogen) atoms. The molecule has 2 rings (SSSR count). The number of sulfonamides is 1. The van der Waals surface area contributed by atoms with Gasteiger partial charge >= 0.3 is 5.97 Å². The topological polar surface area (TPSA) is 96.4 Å². The van der Waals surface area contributed by atoms with Crippen LogP contribution in [0.4, 0.5) is 5.69 Å². The number of rotatable bonds is 4. The summed E-state index contributed by atoms with van der Waals surface area (Å²) in [6, 6.07) is 7.03. The molecule has 110 valence electrons. The Morgan fingerprint density at radius 2 is 2.00 bits per heavy atom. The van der Waals surface area contributed by atoms with Crippen molar-refractivity contribution in [2.24, 2.45) is 0 Å². The minimum atomic E-state index is -3.96. The van der Waals surface area contributed by atoms with Crippen LogP contribution in [-0.4, -0.2) is 24.5 Å². The summed E-state index contributed by atoms with van der Waals surface area (Å²) in [5.41, 5.74) is 0.201. The number of carbonyl (C=O) groups is 1. The quantitative estimate of drug-likeness (QED) is 0.842. The third-order valence-electron chi connectivity index (χ3n) is 2.81. The van der Waals surface area contributed by atoms with Gasteiger partial charge in [0.05, 0.1) is 16.1 Å². The first kappa shape index (κ1) is 15.3. The van der Waals surface area contributed by atoms with Crippen molar-refractivity contribution in [3.8, 4) is 0 Å². The van der Waals surface area contributed by atoms with Crippen LogP contribution in [0.15, 0.2) is 41.4 Å². The minimum Gasteiger partial charge on any atom is -0.478 e. The van der Waals surface area contributed by atoms with Crippen LogP contribution in [0.2, 0.25) is 5.15 Å². The van der Waals surface area contributed by atoms with Crippen LogP contribution in [0.3, 0.4) is 0 Å². The second-order valence-corrected chi connectivity index (χ2v) is 6.19. The maximum absolute atomic E-state index is 12.4. The van der Waals surface area contributed by atoms with Crippen molar-refractivity contribution in [2.45, 2.75) is 11.8 Å². The van der Waals surface area contributed by atoms with E-state index in [2.05, 4.69) is 9.71 Å². The van der Waals surface area contributed by atoms with Gasteiger partial charge in [0.25, 0.3) is 10.0 Å². The first-order chi connectivity index (χ1) is 9.83. The smallest absolute Gasteiger partial charge is 0.335 e. The lowest BCUT2D eigenvalue weighted by molar-refractivity contribution is 0.0696. The lowest BCUT2D eigenvalue weighted by atomic mass is 10.1. The minimum absolute atomic E-state index is 0.00752. The van der Waals surface area contributed by atoms with E-state index in [1.807, 2.05) is 0 Å². The molecule has 0 amide bonds. The van der Waals surface area contributed by atoms with Crippen LogP contribution in [0.25, 0.3) is 0 Å². The number of pyridine rings is 1. The third kappa shape index (κ3) is 3.14. The Bertz CT molecular complexity index is 806. The normalized spacial score (nSPS) is 11.1. The number of halogens is 1. The van der Waals surface area contributed by atoms with Gasteiger partial charge in [0.1, 0.15) is 0 Å². The number of benzene rings is 1. The van der Waals surface area contributed by atoms with E-state index in [0.717, 1.165) is 0 Å². The Balaban J connectivity index is 2.48. The number of carboxylic acids is 1. The second kappa shape index (κ2) is 5.71. The summed E-state index contributed by atoms with van der Waals surface area (Å²) in [7, 11) is -3.96. The molecule has 0 saturated heterocycles. The monoisotopic (exact) mass is 326 g/mol. The number of anilines is 1. The molecule has 0 aliphatic rings. The molecule has 0 bridgehead atoms. The average Bonchev–Trinajstić information content (AvgIpc) is 2.41. The van der Waals surface area contributed by atoms with E-state index in [1.54, 1.807) is 0 Å². The molecule has 1 heterocycles. The summed E-state index contributed by atoms with van der Waals surface area (Å²) in [4.78, 5) is 14.7. The Hall–Kier alpha value is -2.12. The largest absolute Gasteiger partial charge is 0.478 e. The van der Waals surface area contributed by atoms with Gasteiger partial charge in [0.15, 0.2) is 5.15 Å². The molecule has 0 fully saturated rings. The van der Waals surface area contributed by atoms with E-state index in [1.165, 1.54) is 43.5 Å². The van der Waals surface area contributed by atoms with E-state index >= 15 is 0 Å². The molecule has 0 atom stereocenters. The Morgan fingerprint density at radius 1 is 1.29 bits per heavy atom. The van der Waals surface area contributed by atoms with Gasteiger partial charge in [-0.3, -0.25) is 4.72 Å². The maximum atomic E-state index is 12.4. The van der Waals surface area contributed by atoms with Gasteiger partial charge in [-0.15, -0.1) is 0 Å². The number of nitrogens with one attached hydrogen (secondary N) is 1. The van der Waals surface area contributed by atoms with Crippen molar-refractivity contribution >= 4 is 33.3 Å². The van der Waals surface area contributed by atoms with Gasteiger partial charge in [-0.25, -0.2) is 18.2 Å². The van der Waals surface area contributed by atoms with Crippen LogP contribution in [0.1, 0.15) is 15.9 Å². The van der Waals surface area contributed by atoms with E-state index in [0.29, 0.717) is 0 Å². The van der Waals surface area contributed by atoms with Gasteiger partial charge in [-0.2, -0.15) is 0 Å². The molecule has 1 aromatic heterocycles. The van der Waals surface area contributed by atoms with Crippen molar-refractivity contribution in [3.05, 3.63) is 52.8 Å². The summed E-state index contributed by atoms with van der Waals surface area (Å²) in [5.74, 6) is -1.19. The van der Waals surface area contributed by atoms with Crippen LogP contribution in [0.5, 0.6) is 0 Å². The molecular formula is C13H11ClN2O4S. The Labute approximate surface area is 126 Å². The molecule has 0 saturated carbocycles. The fourth-order valence-corrected chi connectivity index (χ4v) is 3.36. The fraction of sp³-hybridized carbons (Fsp3) is 0.0769. The molecule has 0 spiro atoms. The fourth-order valence-electron chi connectivity index (χ4n) is 1.80. The summed E-state index contributed by atoms with van der Waals surface area (Å²) < 4.78 is 27.0. The summed E-state index contributed by atoms with van der Waals surface area (Å²) in [5, 5.41) is 9.05. The first-order valence-corrected chi connectivity index (χ1v) is 7.65. The molecule has 0 aliphatic heterocycles. The number of nitrogens with zero attached hydrogens (tertiary/aromatic N) is 1. The standard InChI is InChI=1S/C13H11ClN2O4S/c1-8-9(13(17)18)4-2-6-11(8)21(19,20)16-10-5-3-7-15-12(10)14/h2-7,16H,1H3,(H,17,18). The van der Waals surface area contributed by atoms with Crippen molar-refractivity contribution in [2.75, 3.05) is 4.72 Å². The SMILES string of the molecule is Cc1c(C(=O)O)cccc1S(=O)(=O)Nc1cccnc1Cl. The zero-order valence-corrected chi connectivity index (χ0v) is 12.4. The molecule has 6 nitrogen and oxygen atoms in total. The van der Waals surface area contributed by atoms with Crippen LogP contribution in [-0.2, 0) is 10.0 Å². The molecule has 8 heteroatoms. The molecule has 2 aromatic rings. The Kier molecular flexibility index (Phi) is 4.15. The molecule has 0 radical (unpaired) electrons. The zero-order chi connectivity index (χ0) is 15.6. The van der Waals surface area contributed by atoms with Crippen LogP contribution in [0, 0.1) is 6.92 Å². The number of hydrogen-bond donors (Lipinski definition) is 2. The molecule has 0 unspecified atom stereocenters. The van der Waals surface area contributed by atoms with Crippen molar-refractivity contribution in [3.63, 3.8) is 0 Å². The summed E-state index contributed by atoms with van der Waals surface area (Å²) in [6.07, 6.45) is 1.43. The Morgan fingerprint density at radius 3 is 2.62 bits per heavy atom. The second-order valence-electron chi connectivity index (χ2n) is 4.18. The highest BCUT2D eigenvalue weighted by molar-refractivity contribution is 7.92. The first-order valence-electron chi connectivity index (χ1n) is 5.79. The van der Waals surface area contributed by atoms with Gasteiger partial charge in [0, 0.05) is 6.20 Å². The predicted octanol–water partition coefficient (Wildman–Crippen LogP) is 2.54. The lowest BCUT2D eigenvalue weighted by Gasteiger charge is -2.12. The third-order valence-corrected chi connectivity index (χ3v) is 4.62. The van der Waals surface area contributed by atoms with Crippen molar-refractivity contribution < 1.29 is 18.3 Å². The zero-order valence-electron chi connectivity index (χ0n) is 10.9. The van der Waals surface area contributed by atoms with E-state index in [-0.39, 0.29) is 26.9 Å². The average molecular weight is 327 g/mol. The van der Waals surface area contributed by atoms with Crippen molar-refractivity contribution in [1.82, 2.24) is 4.98 Å². The van der Waals surface area contributed by atoms with Crippen molar-refractivity contribution in [1.29, 1.82) is 0 Å². The van der Waals surface area contributed by atoms with Crippen LogP contribution >= 0.6 is 11.6 Å². The highest BCUT2D eigenvalue weighted by Crippen LogP contribution is 2.25. The maximum Gasteiger partial charge on any atom is 0.335 e. The van der Waals surface area contributed by atoms with Gasteiger partial charge in [-0.05, 0) is 36.8 Å².